The van der Waals surface area contributed by atoms with Gasteiger partial charge in [-0.25, -0.2) is 0 Å². The fourth-order valence-corrected chi connectivity index (χ4v) is 7.40. The van der Waals surface area contributed by atoms with Crippen LogP contribution in [0.5, 0.6) is 0 Å². The van der Waals surface area contributed by atoms with Crippen LogP contribution in [-0.4, -0.2) is 27.1 Å². The van der Waals surface area contributed by atoms with Gasteiger partial charge in [0.15, 0.2) is 5.76 Å². The number of carboxylic acids is 1. The molecule has 3 fully saturated rings. The molecule has 0 heterocycles. The van der Waals surface area contributed by atoms with Crippen LogP contribution >= 0.6 is 0 Å². The lowest BCUT2D eigenvalue weighted by molar-refractivity contribution is -0.151. The molecule has 4 aliphatic rings. The van der Waals surface area contributed by atoms with Crippen LogP contribution in [0.15, 0.2) is 22.7 Å². The third-order valence-electron chi connectivity index (χ3n) is 8.75. The molecular formula is C22H30O5. The van der Waals surface area contributed by atoms with Crippen LogP contribution in [0, 0.1) is 34.5 Å². The van der Waals surface area contributed by atoms with Crippen molar-refractivity contribution in [1.29, 1.82) is 0 Å². The standard InChI is InChI=1S/C22H30O5/c1-4-11-14-6-5-12-13-7-8-16(20(26)27)21(13,2)10-9-15(12)22(14,3)19(25)18(24)17(11)23/h12-13,15-16,23-24H,4-10H2,1-3H3,(H,26,27)/t12-,13-,15-,16+,21-,22-/m0/s1. The number of hydrogen-bond acceptors (Lipinski definition) is 4. The van der Waals surface area contributed by atoms with E-state index in [0.29, 0.717) is 18.3 Å². The minimum atomic E-state index is -0.771. The number of allylic oxidation sites excluding steroid dienone is 3. The van der Waals surface area contributed by atoms with E-state index in [-0.39, 0.29) is 28.8 Å². The average molecular weight is 374 g/mol. The highest BCUT2D eigenvalue weighted by atomic mass is 16.4. The number of rotatable bonds is 2. The monoisotopic (exact) mass is 374 g/mol. The van der Waals surface area contributed by atoms with Crippen LogP contribution < -0.4 is 0 Å². The van der Waals surface area contributed by atoms with Crippen LogP contribution in [0.1, 0.15) is 65.7 Å². The first-order chi connectivity index (χ1) is 12.7. The van der Waals surface area contributed by atoms with Crippen molar-refractivity contribution >= 4 is 11.8 Å². The number of Topliss-reactive ketones (excluding diaryl/α,β-unsaturated/α-hetero) is 1. The minimum Gasteiger partial charge on any atom is -0.504 e. The Hall–Kier alpha value is -1.78. The smallest absolute Gasteiger partial charge is 0.307 e. The highest BCUT2D eigenvalue weighted by Gasteiger charge is 2.63. The summed E-state index contributed by atoms with van der Waals surface area (Å²) in [7, 11) is 0. The van der Waals surface area contributed by atoms with E-state index >= 15 is 0 Å². The van der Waals surface area contributed by atoms with E-state index in [1.54, 1.807) is 0 Å². The van der Waals surface area contributed by atoms with E-state index < -0.39 is 17.1 Å². The molecule has 0 spiro atoms. The summed E-state index contributed by atoms with van der Waals surface area (Å²) < 4.78 is 0. The number of hydrogen-bond donors (Lipinski definition) is 3. The summed E-state index contributed by atoms with van der Waals surface area (Å²) in [5.41, 5.74) is 0.766. The van der Waals surface area contributed by atoms with Gasteiger partial charge < -0.3 is 15.3 Å². The van der Waals surface area contributed by atoms with Crippen LogP contribution in [0.3, 0.4) is 0 Å². The van der Waals surface area contributed by atoms with Gasteiger partial charge >= 0.3 is 5.97 Å². The number of aliphatic carboxylic acids is 1. The number of ketones is 1. The van der Waals surface area contributed by atoms with E-state index in [1.165, 1.54) is 0 Å². The first-order valence-corrected chi connectivity index (χ1v) is 10.3. The molecule has 6 atom stereocenters. The van der Waals surface area contributed by atoms with Gasteiger partial charge in [0.1, 0.15) is 0 Å². The van der Waals surface area contributed by atoms with Crippen LogP contribution in [0.4, 0.5) is 0 Å². The Morgan fingerprint density at radius 2 is 1.78 bits per heavy atom. The second-order valence-electron chi connectivity index (χ2n) is 9.47. The maximum Gasteiger partial charge on any atom is 0.307 e. The van der Waals surface area contributed by atoms with Gasteiger partial charge in [-0.1, -0.05) is 13.8 Å². The highest BCUT2D eigenvalue weighted by molar-refractivity contribution is 6.02. The Morgan fingerprint density at radius 3 is 2.41 bits per heavy atom. The first kappa shape index (κ1) is 18.6. The van der Waals surface area contributed by atoms with E-state index in [4.69, 9.17) is 0 Å². The third-order valence-corrected chi connectivity index (χ3v) is 8.75. The Balaban J connectivity index is 1.77. The van der Waals surface area contributed by atoms with Crippen LogP contribution in [0.25, 0.3) is 0 Å². The zero-order valence-electron chi connectivity index (χ0n) is 16.4. The predicted octanol–water partition coefficient (Wildman–Crippen LogP) is 4.55. The first-order valence-electron chi connectivity index (χ1n) is 10.3. The van der Waals surface area contributed by atoms with E-state index in [0.717, 1.165) is 49.7 Å². The lowest BCUT2D eigenvalue weighted by Gasteiger charge is -2.57. The second kappa shape index (κ2) is 5.86. The summed E-state index contributed by atoms with van der Waals surface area (Å²) in [5, 5.41) is 30.4. The molecular weight excluding hydrogens is 344 g/mol. The number of fused-ring (bicyclic) bond motifs is 5. The molecule has 3 N–H and O–H groups in total. The van der Waals surface area contributed by atoms with Gasteiger partial charge in [0.2, 0.25) is 11.5 Å². The lowest BCUT2D eigenvalue weighted by Crippen LogP contribution is -2.54. The van der Waals surface area contributed by atoms with Gasteiger partial charge in [0.05, 0.1) is 11.3 Å². The van der Waals surface area contributed by atoms with E-state index in [1.807, 2.05) is 13.8 Å². The van der Waals surface area contributed by atoms with Crippen molar-refractivity contribution in [2.24, 2.45) is 34.5 Å². The van der Waals surface area contributed by atoms with Crippen molar-refractivity contribution in [2.45, 2.75) is 65.7 Å². The van der Waals surface area contributed by atoms with Gasteiger partial charge in [-0.05, 0) is 86.2 Å². The SMILES string of the molecule is CCC1=C2CC[C@@H]3[C@H](CC[C@]4(C)[C@@H](C(=O)O)CC[C@@H]34)[C@@]2(C)C(=O)C(O)=C1O. The van der Waals surface area contributed by atoms with Crippen molar-refractivity contribution in [3.05, 3.63) is 22.7 Å². The molecule has 148 valence electrons. The molecule has 27 heavy (non-hydrogen) atoms. The molecule has 0 saturated heterocycles. The molecule has 0 bridgehead atoms. The summed E-state index contributed by atoms with van der Waals surface area (Å²) in [5.74, 6) is -1.32. The minimum absolute atomic E-state index is 0.108. The number of carboxylic acid groups (broad SMARTS) is 1. The fraction of sp³-hybridized carbons (Fsp3) is 0.727. The van der Waals surface area contributed by atoms with Crippen molar-refractivity contribution in [3.8, 4) is 0 Å². The van der Waals surface area contributed by atoms with Crippen LogP contribution in [0.2, 0.25) is 0 Å². The van der Waals surface area contributed by atoms with Gasteiger partial charge in [-0.3, -0.25) is 9.59 Å². The van der Waals surface area contributed by atoms with E-state index in [9.17, 15) is 24.9 Å². The van der Waals surface area contributed by atoms with Crippen molar-refractivity contribution < 1.29 is 24.9 Å². The summed E-state index contributed by atoms with van der Waals surface area (Å²) in [6, 6.07) is 0. The maximum absolute atomic E-state index is 13.2. The van der Waals surface area contributed by atoms with Crippen molar-refractivity contribution in [3.63, 3.8) is 0 Å². The summed E-state index contributed by atoms with van der Waals surface area (Å²) in [6.45, 7) is 6.03. The molecule has 0 unspecified atom stereocenters. The molecule has 0 aromatic carbocycles. The maximum atomic E-state index is 13.2. The topological polar surface area (TPSA) is 94.8 Å². The summed E-state index contributed by atoms with van der Waals surface area (Å²) in [4.78, 5) is 25.0. The van der Waals surface area contributed by atoms with Gasteiger partial charge in [-0.2, -0.15) is 0 Å². The van der Waals surface area contributed by atoms with Crippen LogP contribution in [-0.2, 0) is 9.59 Å². The van der Waals surface area contributed by atoms with Gasteiger partial charge in [0.25, 0.3) is 0 Å². The molecule has 4 aliphatic carbocycles. The molecule has 5 heteroatoms. The fourth-order valence-electron chi connectivity index (χ4n) is 7.40. The molecule has 0 aromatic heterocycles. The van der Waals surface area contributed by atoms with Gasteiger partial charge in [0, 0.05) is 0 Å². The number of carbonyl (C=O) groups is 2. The Kier molecular flexibility index (Phi) is 4.03. The van der Waals surface area contributed by atoms with Gasteiger partial charge in [-0.15, -0.1) is 0 Å². The molecule has 0 aliphatic heterocycles. The molecule has 4 rings (SSSR count). The Bertz CT molecular complexity index is 778. The zero-order chi connectivity index (χ0) is 19.7. The molecule has 0 aromatic rings. The zero-order valence-corrected chi connectivity index (χ0v) is 16.4. The number of aliphatic hydroxyl groups is 2. The van der Waals surface area contributed by atoms with Crippen molar-refractivity contribution in [2.75, 3.05) is 0 Å². The Labute approximate surface area is 160 Å². The summed E-state index contributed by atoms with van der Waals surface area (Å²) >= 11 is 0. The Morgan fingerprint density at radius 1 is 1.07 bits per heavy atom. The predicted molar refractivity (Wildman–Crippen MR) is 100 cm³/mol. The molecule has 5 nitrogen and oxygen atoms in total. The second-order valence-corrected chi connectivity index (χ2v) is 9.47. The third kappa shape index (κ3) is 2.17. The molecule has 0 amide bonds. The quantitative estimate of drug-likeness (QED) is 0.659. The molecule has 3 saturated carbocycles. The largest absolute Gasteiger partial charge is 0.504 e. The average Bonchev–Trinajstić information content (AvgIpc) is 2.99. The van der Waals surface area contributed by atoms with E-state index in [2.05, 4.69) is 6.92 Å². The number of aliphatic hydroxyl groups excluding tert-OH is 2. The lowest BCUT2D eigenvalue weighted by atomic mass is 9.46. The highest BCUT2D eigenvalue weighted by Crippen LogP contribution is 2.66. The normalized spacial score (nSPS) is 44.0. The molecule has 0 radical (unpaired) electrons. The number of carbonyl (C=O) groups excluding carboxylic acids is 1. The van der Waals surface area contributed by atoms with Crippen molar-refractivity contribution in [1.82, 2.24) is 0 Å². The summed E-state index contributed by atoms with van der Waals surface area (Å²) in [6.07, 6.45) is 5.52.